The minimum absolute atomic E-state index is 0.513. The predicted octanol–water partition coefficient (Wildman–Crippen LogP) is 3.91. The van der Waals surface area contributed by atoms with Gasteiger partial charge in [0, 0.05) is 32.8 Å². The first-order valence-electron chi connectivity index (χ1n) is 5.59. The van der Waals surface area contributed by atoms with Crippen molar-refractivity contribution in [1.82, 2.24) is 10.3 Å². The molecule has 0 aliphatic carbocycles. The van der Waals surface area contributed by atoms with Crippen molar-refractivity contribution in [3.63, 3.8) is 0 Å². The van der Waals surface area contributed by atoms with Crippen LogP contribution in [0.25, 0.3) is 10.6 Å². The van der Waals surface area contributed by atoms with Gasteiger partial charge in [0.25, 0.3) is 0 Å². The molecule has 0 amide bonds. The highest BCUT2D eigenvalue weighted by Gasteiger charge is 2.04. The zero-order valence-electron chi connectivity index (χ0n) is 9.90. The maximum Gasteiger partial charge on any atom is 0.123 e. The minimum atomic E-state index is 0.513. The summed E-state index contributed by atoms with van der Waals surface area (Å²) in [6.07, 6.45) is 1.97. The molecule has 4 heteroatoms. The van der Waals surface area contributed by atoms with E-state index in [0.717, 1.165) is 11.6 Å². The van der Waals surface area contributed by atoms with Gasteiger partial charge in [0.05, 0.1) is 0 Å². The molecule has 0 spiro atoms. The number of nitrogens with one attached hydrogen (secondary N) is 1. The molecule has 0 unspecified atom stereocenters. The average Bonchev–Trinajstić information content (AvgIpc) is 2.76. The van der Waals surface area contributed by atoms with Crippen LogP contribution >= 0.6 is 33.9 Å². The number of nitrogens with zero attached hydrogens (tertiary/aromatic N) is 1. The van der Waals surface area contributed by atoms with Crippen LogP contribution < -0.4 is 5.32 Å². The number of aromatic nitrogens is 1. The molecular formula is C13H15IN2S. The number of thiazole rings is 1. The molecule has 1 heterocycles. The van der Waals surface area contributed by atoms with Gasteiger partial charge in [-0.2, -0.15) is 0 Å². The van der Waals surface area contributed by atoms with Crippen LogP contribution in [0, 0.1) is 3.57 Å². The summed E-state index contributed by atoms with van der Waals surface area (Å²) in [6.45, 7) is 5.21. The SMILES string of the molecule is CC(C)NCc1cnc(-c2ccc(I)cc2)s1. The fourth-order valence-electron chi connectivity index (χ4n) is 1.42. The zero-order chi connectivity index (χ0) is 12.3. The number of rotatable bonds is 4. The van der Waals surface area contributed by atoms with Crippen molar-refractivity contribution < 1.29 is 0 Å². The van der Waals surface area contributed by atoms with Gasteiger partial charge in [0.1, 0.15) is 5.01 Å². The number of hydrogen-bond acceptors (Lipinski definition) is 3. The van der Waals surface area contributed by atoms with Gasteiger partial charge in [0.15, 0.2) is 0 Å². The molecule has 0 saturated heterocycles. The molecule has 2 rings (SSSR count). The number of halogens is 1. The van der Waals surface area contributed by atoms with Crippen LogP contribution in [0.15, 0.2) is 30.5 Å². The summed E-state index contributed by atoms with van der Waals surface area (Å²) < 4.78 is 1.25. The third-order valence-electron chi connectivity index (χ3n) is 2.33. The van der Waals surface area contributed by atoms with E-state index in [4.69, 9.17) is 0 Å². The molecule has 0 fully saturated rings. The molecular weight excluding hydrogens is 343 g/mol. The Morgan fingerprint density at radius 3 is 2.65 bits per heavy atom. The molecule has 0 atom stereocenters. The van der Waals surface area contributed by atoms with Gasteiger partial charge in [0.2, 0.25) is 0 Å². The summed E-state index contributed by atoms with van der Waals surface area (Å²) in [4.78, 5) is 5.75. The Morgan fingerprint density at radius 2 is 2.00 bits per heavy atom. The lowest BCUT2D eigenvalue weighted by molar-refractivity contribution is 0.593. The maximum atomic E-state index is 4.47. The topological polar surface area (TPSA) is 24.9 Å². The van der Waals surface area contributed by atoms with Crippen molar-refractivity contribution in [3.05, 3.63) is 38.9 Å². The average molecular weight is 358 g/mol. The molecule has 2 nitrogen and oxygen atoms in total. The van der Waals surface area contributed by atoms with E-state index >= 15 is 0 Å². The Kier molecular flexibility index (Phi) is 4.53. The summed E-state index contributed by atoms with van der Waals surface area (Å²) in [5, 5.41) is 4.50. The van der Waals surface area contributed by atoms with E-state index < -0.39 is 0 Å². The van der Waals surface area contributed by atoms with Gasteiger partial charge in [-0.25, -0.2) is 4.98 Å². The molecule has 0 radical (unpaired) electrons. The second-order valence-electron chi connectivity index (χ2n) is 4.17. The Balaban J connectivity index is 2.10. The molecule has 0 aliphatic rings. The van der Waals surface area contributed by atoms with Crippen molar-refractivity contribution in [1.29, 1.82) is 0 Å². The van der Waals surface area contributed by atoms with E-state index in [1.54, 1.807) is 11.3 Å². The molecule has 17 heavy (non-hydrogen) atoms. The Bertz CT molecular complexity index is 476. The van der Waals surface area contributed by atoms with E-state index in [1.165, 1.54) is 14.0 Å². The van der Waals surface area contributed by atoms with Crippen LogP contribution in [0.1, 0.15) is 18.7 Å². The quantitative estimate of drug-likeness (QED) is 0.839. The zero-order valence-corrected chi connectivity index (χ0v) is 12.9. The Morgan fingerprint density at radius 1 is 1.29 bits per heavy atom. The van der Waals surface area contributed by atoms with Gasteiger partial charge >= 0.3 is 0 Å². The van der Waals surface area contributed by atoms with Crippen molar-refractivity contribution >= 4 is 33.9 Å². The second-order valence-corrected chi connectivity index (χ2v) is 6.54. The number of benzene rings is 1. The van der Waals surface area contributed by atoms with Gasteiger partial charge in [-0.05, 0) is 34.7 Å². The fraction of sp³-hybridized carbons (Fsp3) is 0.308. The lowest BCUT2D eigenvalue weighted by atomic mass is 10.2. The highest BCUT2D eigenvalue weighted by molar-refractivity contribution is 14.1. The lowest BCUT2D eigenvalue weighted by Gasteiger charge is -2.04. The molecule has 0 aliphatic heterocycles. The minimum Gasteiger partial charge on any atom is -0.310 e. The summed E-state index contributed by atoms with van der Waals surface area (Å²) in [6, 6.07) is 8.99. The van der Waals surface area contributed by atoms with E-state index in [1.807, 2.05) is 6.20 Å². The molecule has 0 saturated carbocycles. The largest absolute Gasteiger partial charge is 0.310 e. The van der Waals surface area contributed by atoms with E-state index in [9.17, 15) is 0 Å². The Labute approximate surface area is 120 Å². The summed E-state index contributed by atoms with van der Waals surface area (Å²) >= 11 is 4.07. The first kappa shape index (κ1) is 13.0. The monoisotopic (exact) mass is 358 g/mol. The van der Waals surface area contributed by atoms with Crippen molar-refractivity contribution in [3.8, 4) is 10.6 Å². The molecule has 1 aromatic heterocycles. The standard InChI is InChI=1S/C13H15IN2S/c1-9(2)15-7-12-8-16-13(17-12)10-3-5-11(14)6-4-10/h3-6,8-9,15H,7H2,1-2H3. The predicted molar refractivity (Wildman–Crippen MR) is 82.2 cm³/mol. The first-order chi connectivity index (χ1) is 8.15. The van der Waals surface area contributed by atoms with Crippen LogP contribution in [0.2, 0.25) is 0 Å². The molecule has 1 N–H and O–H groups in total. The van der Waals surface area contributed by atoms with Crippen LogP contribution in [0.3, 0.4) is 0 Å². The van der Waals surface area contributed by atoms with E-state index in [2.05, 4.69) is 71.0 Å². The number of hydrogen-bond donors (Lipinski definition) is 1. The van der Waals surface area contributed by atoms with Gasteiger partial charge in [-0.15, -0.1) is 11.3 Å². The van der Waals surface area contributed by atoms with Crippen LogP contribution in [-0.2, 0) is 6.54 Å². The summed E-state index contributed by atoms with van der Waals surface area (Å²) in [7, 11) is 0. The van der Waals surface area contributed by atoms with Crippen molar-refractivity contribution in [2.75, 3.05) is 0 Å². The fourth-order valence-corrected chi connectivity index (χ4v) is 2.65. The second kappa shape index (κ2) is 5.93. The van der Waals surface area contributed by atoms with Crippen molar-refractivity contribution in [2.24, 2.45) is 0 Å². The normalized spacial score (nSPS) is 11.1. The summed E-state index contributed by atoms with van der Waals surface area (Å²) in [5.41, 5.74) is 1.20. The molecule has 1 aromatic carbocycles. The van der Waals surface area contributed by atoms with Crippen molar-refractivity contribution in [2.45, 2.75) is 26.4 Å². The van der Waals surface area contributed by atoms with Gasteiger partial charge in [-0.1, -0.05) is 26.0 Å². The third-order valence-corrected chi connectivity index (χ3v) is 4.09. The lowest BCUT2D eigenvalue weighted by Crippen LogP contribution is -2.21. The van der Waals surface area contributed by atoms with Gasteiger partial charge < -0.3 is 5.32 Å². The van der Waals surface area contributed by atoms with Crippen LogP contribution in [0.5, 0.6) is 0 Å². The Hall–Kier alpha value is -0.460. The van der Waals surface area contributed by atoms with E-state index in [0.29, 0.717) is 6.04 Å². The van der Waals surface area contributed by atoms with Crippen LogP contribution in [-0.4, -0.2) is 11.0 Å². The summed E-state index contributed by atoms with van der Waals surface area (Å²) in [5.74, 6) is 0. The molecule has 90 valence electrons. The third kappa shape index (κ3) is 3.76. The highest BCUT2D eigenvalue weighted by Crippen LogP contribution is 2.25. The smallest absolute Gasteiger partial charge is 0.123 e. The molecule has 0 bridgehead atoms. The van der Waals surface area contributed by atoms with Gasteiger partial charge in [-0.3, -0.25) is 0 Å². The highest BCUT2D eigenvalue weighted by atomic mass is 127. The maximum absolute atomic E-state index is 4.47. The van der Waals surface area contributed by atoms with E-state index in [-0.39, 0.29) is 0 Å². The first-order valence-corrected chi connectivity index (χ1v) is 7.48. The van der Waals surface area contributed by atoms with Crippen LogP contribution in [0.4, 0.5) is 0 Å². The molecule has 2 aromatic rings.